The highest BCUT2D eigenvalue weighted by molar-refractivity contribution is 5.95. The molecule has 0 radical (unpaired) electrons. The van der Waals surface area contributed by atoms with Gasteiger partial charge in [0.25, 0.3) is 5.91 Å². The average Bonchev–Trinajstić information content (AvgIpc) is 2.89. The third-order valence-corrected chi connectivity index (χ3v) is 5.37. The second kappa shape index (κ2) is 10.2. The van der Waals surface area contributed by atoms with E-state index in [1.165, 1.54) is 6.07 Å². The van der Waals surface area contributed by atoms with E-state index in [2.05, 4.69) is 16.4 Å². The van der Waals surface area contributed by atoms with Crippen molar-refractivity contribution in [2.75, 3.05) is 0 Å². The van der Waals surface area contributed by atoms with Crippen molar-refractivity contribution in [3.8, 4) is 28.5 Å². The molecule has 6 nitrogen and oxygen atoms in total. The standard InChI is InChI=1S/C28H21N3O3/c29-18-20-6-4-9-23(16-20)24-10-5-11-25(30-24)27(32)31-26(28(33)34)17-19-12-14-22(15-13-19)21-7-2-1-3-8-21/h1-16,26H,17H2,(H,31,32)(H,33,34). The van der Waals surface area contributed by atoms with Crippen LogP contribution in [-0.2, 0) is 11.2 Å². The van der Waals surface area contributed by atoms with Crippen LogP contribution in [0.4, 0.5) is 0 Å². The Labute approximate surface area is 197 Å². The fourth-order valence-corrected chi connectivity index (χ4v) is 3.60. The summed E-state index contributed by atoms with van der Waals surface area (Å²) in [6, 6.07) is 30.3. The van der Waals surface area contributed by atoms with Gasteiger partial charge >= 0.3 is 5.97 Å². The van der Waals surface area contributed by atoms with E-state index < -0.39 is 17.9 Å². The minimum atomic E-state index is -1.13. The molecule has 0 aliphatic heterocycles. The molecule has 2 N–H and O–H groups in total. The second-order valence-corrected chi connectivity index (χ2v) is 7.73. The summed E-state index contributed by atoms with van der Waals surface area (Å²) in [5.41, 5.74) is 4.70. The third kappa shape index (κ3) is 5.34. The Morgan fingerprint density at radius 2 is 1.53 bits per heavy atom. The summed E-state index contributed by atoms with van der Waals surface area (Å²) in [7, 11) is 0. The van der Waals surface area contributed by atoms with Gasteiger partial charge in [-0.05, 0) is 41.0 Å². The van der Waals surface area contributed by atoms with Crippen molar-refractivity contribution in [2.45, 2.75) is 12.5 Å². The summed E-state index contributed by atoms with van der Waals surface area (Å²) in [6.45, 7) is 0. The minimum absolute atomic E-state index is 0.102. The molecule has 0 bridgehead atoms. The van der Waals surface area contributed by atoms with Gasteiger partial charge < -0.3 is 10.4 Å². The summed E-state index contributed by atoms with van der Waals surface area (Å²) in [5, 5.41) is 21.4. The number of amides is 1. The van der Waals surface area contributed by atoms with Gasteiger partial charge in [0.15, 0.2) is 0 Å². The van der Waals surface area contributed by atoms with Crippen LogP contribution in [0, 0.1) is 11.3 Å². The molecule has 0 saturated carbocycles. The Balaban J connectivity index is 1.48. The lowest BCUT2D eigenvalue weighted by Gasteiger charge is -2.15. The van der Waals surface area contributed by atoms with E-state index in [0.717, 1.165) is 16.7 Å². The number of carboxylic acid groups (broad SMARTS) is 1. The SMILES string of the molecule is N#Cc1cccc(-c2cccc(C(=O)NC(Cc3ccc(-c4ccccc4)cc3)C(=O)O)n2)c1. The molecule has 0 saturated heterocycles. The maximum absolute atomic E-state index is 12.8. The van der Waals surface area contributed by atoms with Crippen molar-refractivity contribution in [3.05, 3.63) is 114 Å². The highest BCUT2D eigenvalue weighted by atomic mass is 16.4. The quantitative estimate of drug-likeness (QED) is 0.427. The minimum Gasteiger partial charge on any atom is -0.480 e. The zero-order chi connectivity index (χ0) is 23.9. The summed E-state index contributed by atoms with van der Waals surface area (Å²) in [5.74, 6) is -1.70. The normalized spacial score (nSPS) is 11.3. The molecule has 0 fully saturated rings. The molecule has 0 spiro atoms. The number of pyridine rings is 1. The van der Waals surface area contributed by atoms with E-state index in [4.69, 9.17) is 5.26 Å². The van der Waals surface area contributed by atoms with Crippen LogP contribution in [0.15, 0.2) is 97.1 Å². The maximum atomic E-state index is 12.8. The number of aliphatic carboxylic acids is 1. The number of nitrogens with zero attached hydrogens (tertiary/aromatic N) is 2. The second-order valence-electron chi connectivity index (χ2n) is 7.73. The molecule has 4 aromatic rings. The lowest BCUT2D eigenvalue weighted by atomic mass is 10.0. The number of hydrogen-bond acceptors (Lipinski definition) is 4. The van der Waals surface area contributed by atoms with E-state index in [9.17, 15) is 14.7 Å². The van der Waals surface area contributed by atoms with Crippen LogP contribution in [0.3, 0.4) is 0 Å². The monoisotopic (exact) mass is 447 g/mol. The lowest BCUT2D eigenvalue weighted by molar-refractivity contribution is -0.139. The number of carboxylic acids is 1. The van der Waals surface area contributed by atoms with Gasteiger partial charge in [0.1, 0.15) is 11.7 Å². The molecule has 6 heteroatoms. The largest absolute Gasteiger partial charge is 0.480 e. The molecule has 3 aromatic carbocycles. The molecule has 1 heterocycles. The summed E-state index contributed by atoms with van der Waals surface area (Å²) >= 11 is 0. The van der Waals surface area contributed by atoms with Crippen LogP contribution in [0.25, 0.3) is 22.4 Å². The molecule has 1 unspecified atom stereocenters. The maximum Gasteiger partial charge on any atom is 0.326 e. The Morgan fingerprint density at radius 3 is 2.24 bits per heavy atom. The number of carbonyl (C=O) groups excluding carboxylic acids is 1. The van der Waals surface area contributed by atoms with Gasteiger partial charge in [0.2, 0.25) is 0 Å². The van der Waals surface area contributed by atoms with Crippen LogP contribution in [0.2, 0.25) is 0 Å². The molecule has 4 rings (SSSR count). The number of rotatable bonds is 7. The van der Waals surface area contributed by atoms with Gasteiger partial charge in [-0.15, -0.1) is 0 Å². The van der Waals surface area contributed by atoms with Gasteiger partial charge in [-0.2, -0.15) is 5.26 Å². The van der Waals surface area contributed by atoms with Gasteiger partial charge in [0, 0.05) is 12.0 Å². The van der Waals surface area contributed by atoms with E-state index in [0.29, 0.717) is 16.8 Å². The molecule has 34 heavy (non-hydrogen) atoms. The zero-order valence-corrected chi connectivity index (χ0v) is 18.2. The first kappa shape index (κ1) is 22.4. The van der Waals surface area contributed by atoms with Crippen molar-refractivity contribution in [1.82, 2.24) is 10.3 Å². The number of hydrogen-bond donors (Lipinski definition) is 2. The van der Waals surface area contributed by atoms with Crippen LogP contribution >= 0.6 is 0 Å². The molecule has 1 amide bonds. The number of aromatic nitrogens is 1. The van der Waals surface area contributed by atoms with Crippen LogP contribution in [-0.4, -0.2) is 28.0 Å². The Hall–Kier alpha value is -4.76. The van der Waals surface area contributed by atoms with Gasteiger partial charge in [0.05, 0.1) is 17.3 Å². The molecule has 0 aliphatic carbocycles. The van der Waals surface area contributed by atoms with Gasteiger partial charge in [-0.1, -0.05) is 72.8 Å². The molecule has 166 valence electrons. The average molecular weight is 447 g/mol. The van der Waals surface area contributed by atoms with Crippen molar-refractivity contribution in [1.29, 1.82) is 5.26 Å². The smallest absolute Gasteiger partial charge is 0.326 e. The van der Waals surface area contributed by atoms with E-state index in [1.807, 2.05) is 54.6 Å². The van der Waals surface area contributed by atoms with Crippen molar-refractivity contribution in [2.24, 2.45) is 0 Å². The number of benzene rings is 3. The highest BCUT2D eigenvalue weighted by Gasteiger charge is 2.22. The third-order valence-electron chi connectivity index (χ3n) is 5.37. The van der Waals surface area contributed by atoms with Crippen molar-refractivity contribution < 1.29 is 14.7 Å². The first-order valence-electron chi connectivity index (χ1n) is 10.7. The molecule has 1 aromatic heterocycles. The Morgan fingerprint density at radius 1 is 0.853 bits per heavy atom. The van der Waals surface area contributed by atoms with Crippen LogP contribution in [0.1, 0.15) is 21.6 Å². The van der Waals surface area contributed by atoms with Crippen LogP contribution in [0.5, 0.6) is 0 Å². The first-order valence-corrected chi connectivity index (χ1v) is 10.7. The summed E-state index contributed by atoms with van der Waals surface area (Å²) in [4.78, 5) is 29.0. The lowest BCUT2D eigenvalue weighted by Crippen LogP contribution is -2.42. The number of nitriles is 1. The highest BCUT2D eigenvalue weighted by Crippen LogP contribution is 2.21. The first-order chi connectivity index (χ1) is 16.5. The molecular formula is C28H21N3O3. The fourth-order valence-electron chi connectivity index (χ4n) is 3.60. The fraction of sp³-hybridized carbons (Fsp3) is 0.0714. The van der Waals surface area contributed by atoms with Gasteiger partial charge in [-0.3, -0.25) is 4.79 Å². The Kier molecular flexibility index (Phi) is 6.76. The topological polar surface area (TPSA) is 103 Å². The van der Waals surface area contributed by atoms with Crippen LogP contribution < -0.4 is 5.32 Å². The summed E-state index contributed by atoms with van der Waals surface area (Å²) < 4.78 is 0. The molecule has 1 atom stereocenters. The molecular weight excluding hydrogens is 426 g/mol. The number of carbonyl (C=O) groups is 2. The predicted octanol–water partition coefficient (Wildman–Crippen LogP) is 4.71. The predicted molar refractivity (Wildman–Crippen MR) is 129 cm³/mol. The number of nitrogens with one attached hydrogen (secondary N) is 1. The summed E-state index contributed by atoms with van der Waals surface area (Å²) in [6.07, 6.45) is 0.139. The van der Waals surface area contributed by atoms with Crippen molar-refractivity contribution in [3.63, 3.8) is 0 Å². The Bertz CT molecular complexity index is 1360. The van der Waals surface area contributed by atoms with Gasteiger partial charge in [-0.25, -0.2) is 9.78 Å². The van der Waals surface area contributed by atoms with E-state index in [1.54, 1.807) is 36.4 Å². The molecule has 0 aliphatic rings. The van der Waals surface area contributed by atoms with Crippen molar-refractivity contribution >= 4 is 11.9 Å². The van der Waals surface area contributed by atoms with E-state index in [-0.39, 0.29) is 12.1 Å². The zero-order valence-electron chi connectivity index (χ0n) is 18.2. The van der Waals surface area contributed by atoms with E-state index >= 15 is 0 Å².